The molecule has 1 aromatic carbocycles. The van der Waals surface area contributed by atoms with Crippen molar-refractivity contribution in [2.24, 2.45) is 11.8 Å². The summed E-state index contributed by atoms with van der Waals surface area (Å²) in [6, 6.07) is 11.3. The highest BCUT2D eigenvalue weighted by Crippen LogP contribution is 2.35. The summed E-state index contributed by atoms with van der Waals surface area (Å²) in [5.41, 5.74) is 1.39. The van der Waals surface area contributed by atoms with Crippen LogP contribution in [0.4, 0.5) is 4.79 Å². The smallest absolute Gasteiger partial charge is 0.317 e. The van der Waals surface area contributed by atoms with E-state index in [2.05, 4.69) is 47.5 Å². The van der Waals surface area contributed by atoms with Gasteiger partial charge in [-0.15, -0.1) is 0 Å². The summed E-state index contributed by atoms with van der Waals surface area (Å²) in [5, 5.41) is 2.91. The third-order valence-corrected chi connectivity index (χ3v) is 4.96. The fourth-order valence-electron chi connectivity index (χ4n) is 3.72. The van der Waals surface area contributed by atoms with Crippen LogP contribution in [0, 0.1) is 11.8 Å². The van der Waals surface area contributed by atoms with Crippen LogP contribution in [0.2, 0.25) is 0 Å². The lowest BCUT2D eigenvalue weighted by atomic mass is 10.0. The van der Waals surface area contributed by atoms with Gasteiger partial charge in [-0.05, 0) is 31.2 Å². The van der Waals surface area contributed by atoms with Gasteiger partial charge in [0, 0.05) is 38.8 Å². The third-order valence-electron chi connectivity index (χ3n) is 4.96. The van der Waals surface area contributed by atoms with Crippen LogP contribution in [0.3, 0.4) is 0 Å². The second kappa shape index (κ2) is 6.06. The molecule has 0 bridgehead atoms. The van der Waals surface area contributed by atoms with Gasteiger partial charge >= 0.3 is 6.03 Å². The Balaban J connectivity index is 1.58. The Morgan fingerprint density at radius 2 is 1.81 bits per heavy atom. The molecule has 0 aromatic heterocycles. The topological polar surface area (TPSA) is 35.6 Å². The maximum absolute atomic E-state index is 11.9. The van der Waals surface area contributed by atoms with E-state index in [-0.39, 0.29) is 6.03 Å². The summed E-state index contributed by atoms with van der Waals surface area (Å²) in [6.07, 6.45) is 0. The van der Waals surface area contributed by atoms with E-state index in [1.807, 2.05) is 11.8 Å². The quantitative estimate of drug-likeness (QED) is 0.926. The van der Waals surface area contributed by atoms with E-state index in [1.54, 1.807) is 0 Å². The molecular formula is C17H25N3O. The number of hydrogen-bond acceptors (Lipinski definition) is 2. The molecule has 21 heavy (non-hydrogen) atoms. The molecule has 2 fully saturated rings. The molecule has 0 spiro atoms. The Morgan fingerprint density at radius 3 is 2.38 bits per heavy atom. The number of carbonyl (C=O) groups is 1. The van der Waals surface area contributed by atoms with Gasteiger partial charge in [0.15, 0.2) is 0 Å². The van der Waals surface area contributed by atoms with Crippen LogP contribution < -0.4 is 5.32 Å². The number of amides is 2. The van der Waals surface area contributed by atoms with Crippen molar-refractivity contribution in [1.29, 1.82) is 0 Å². The molecule has 2 aliphatic heterocycles. The first-order valence-corrected chi connectivity index (χ1v) is 8.00. The second-order valence-electron chi connectivity index (χ2n) is 6.30. The second-order valence-corrected chi connectivity index (χ2v) is 6.30. The molecule has 3 atom stereocenters. The van der Waals surface area contributed by atoms with Crippen molar-refractivity contribution in [3.63, 3.8) is 0 Å². The number of fused-ring (bicyclic) bond motifs is 1. The van der Waals surface area contributed by atoms with Crippen molar-refractivity contribution in [2.45, 2.75) is 19.9 Å². The number of rotatable bonds is 3. The average Bonchev–Trinajstić information content (AvgIpc) is 3.06. The normalized spacial score (nSPS) is 26.7. The number of nitrogens with one attached hydrogen (secondary N) is 1. The molecule has 0 saturated carbocycles. The van der Waals surface area contributed by atoms with E-state index in [9.17, 15) is 4.79 Å². The summed E-state index contributed by atoms with van der Waals surface area (Å²) in [6.45, 7) is 9.01. The van der Waals surface area contributed by atoms with Gasteiger partial charge in [0.05, 0.1) is 0 Å². The molecular weight excluding hydrogens is 262 g/mol. The number of urea groups is 1. The van der Waals surface area contributed by atoms with E-state index in [0.29, 0.717) is 24.4 Å². The van der Waals surface area contributed by atoms with E-state index in [4.69, 9.17) is 0 Å². The third kappa shape index (κ3) is 2.91. The minimum absolute atomic E-state index is 0.106. The molecule has 2 saturated heterocycles. The monoisotopic (exact) mass is 287 g/mol. The number of likely N-dealkylation sites (tertiary alicyclic amines) is 2. The molecule has 2 aliphatic rings. The lowest BCUT2D eigenvalue weighted by Gasteiger charge is -2.27. The Labute approximate surface area is 127 Å². The number of nitrogens with zero attached hydrogens (tertiary/aromatic N) is 2. The van der Waals surface area contributed by atoms with E-state index in [1.165, 1.54) is 5.56 Å². The van der Waals surface area contributed by atoms with Gasteiger partial charge in [0.25, 0.3) is 0 Å². The van der Waals surface area contributed by atoms with Crippen LogP contribution in [0.5, 0.6) is 0 Å². The minimum Gasteiger partial charge on any atom is -0.338 e. The van der Waals surface area contributed by atoms with Gasteiger partial charge in [0.1, 0.15) is 0 Å². The molecule has 1 aromatic rings. The van der Waals surface area contributed by atoms with Crippen LogP contribution in [0.25, 0.3) is 0 Å². The van der Waals surface area contributed by atoms with Gasteiger partial charge in [-0.2, -0.15) is 0 Å². The largest absolute Gasteiger partial charge is 0.338 e. The lowest BCUT2D eigenvalue weighted by Crippen LogP contribution is -2.40. The molecule has 1 N–H and O–H groups in total. The van der Waals surface area contributed by atoms with Gasteiger partial charge in [0.2, 0.25) is 0 Å². The molecule has 0 aliphatic carbocycles. The number of hydrogen-bond donors (Lipinski definition) is 1. The molecule has 0 unspecified atom stereocenters. The van der Waals surface area contributed by atoms with Gasteiger partial charge in [-0.25, -0.2) is 4.79 Å². The van der Waals surface area contributed by atoms with Crippen molar-refractivity contribution in [3.8, 4) is 0 Å². The Kier molecular flexibility index (Phi) is 4.15. The highest BCUT2D eigenvalue weighted by atomic mass is 16.2. The van der Waals surface area contributed by atoms with E-state index < -0.39 is 0 Å². The maximum Gasteiger partial charge on any atom is 0.317 e. The highest BCUT2D eigenvalue weighted by Gasteiger charge is 2.42. The predicted molar refractivity (Wildman–Crippen MR) is 84.1 cm³/mol. The van der Waals surface area contributed by atoms with Gasteiger partial charge in [-0.3, -0.25) is 4.90 Å². The van der Waals surface area contributed by atoms with Crippen molar-refractivity contribution >= 4 is 6.03 Å². The molecule has 3 rings (SSSR count). The zero-order chi connectivity index (χ0) is 14.8. The van der Waals surface area contributed by atoms with E-state index in [0.717, 1.165) is 26.2 Å². The van der Waals surface area contributed by atoms with Crippen LogP contribution in [-0.4, -0.2) is 48.6 Å². The average molecular weight is 287 g/mol. The summed E-state index contributed by atoms with van der Waals surface area (Å²) < 4.78 is 0. The summed E-state index contributed by atoms with van der Waals surface area (Å²) in [5.74, 6) is 1.28. The van der Waals surface area contributed by atoms with Crippen molar-refractivity contribution in [3.05, 3.63) is 35.9 Å². The minimum atomic E-state index is 0.106. The Bertz CT molecular complexity index is 476. The first kappa shape index (κ1) is 14.4. The summed E-state index contributed by atoms with van der Waals surface area (Å²) in [7, 11) is 0. The molecule has 4 heteroatoms. The Hall–Kier alpha value is -1.55. The van der Waals surface area contributed by atoms with Crippen LogP contribution >= 0.6 is 0 Å². The number of benzene rings is 1. The molecule has 2 heterocycles. The van der Waals surface area contributed by atoms with E-state index >= 15 is 0 Å². The SMILES string of the molecule is CCNC(=O)N1C[C@@H]2CN([C@H](C)c3ccccc3)C[C@@H]2C1. The molecule has 2 amide bonds. The summed E-state index contributed by atoms with van der Waals surface area (Å²) in [4.78, 5) is 16.5. The van der Waals surface area contributed by atoms with Crippen molar-refractivity contribution in [1.82, 2.24) is 15.1 Å². The van der Waals surface area contributed by atoms with Gasteiger partial charge < -0.3 is 10.2 Å². The van der Waals surface area contributed by atoms with Crippen molar-refractivity contribution in [2.75, 3.05) is 32.7 Å². The van der Waals surface area contributed by atoms with Gasteiger partial charge in [-0.1, -0.05) is 30.3 Å². The Morgan fingerprint density at radius 1 is 1.19 bits per heavy atom. The predicted octanol–water partition coefficient (Wildman–Crippen LogP) is 2.34. The number of carbonyl (C=O) groups excluding carboxylic acids is 1. The van der Waals surface area contributed by atoms with Crippen molar-refractivity contribution < 1.29 is 4.79 Å². The fraction of sp³-hybridized carbons (Fsp3) is 0.588. The molecule has 114 valence electrons. The maximum atomic E-state index is 11.9. The fourth-order valence-corrected chi connectivity index (χ4v) is 3.72. The highest BCUT2D eigenvalue weighted by molar-refractivity contribution is 5.74. The zero-order valence-corrected chi connectivity index (χ0v) is 13.0. The first-order valence-electron chi connectivity index (χ1n) is 8.00. The van der Waals surface area contributed by atoms with Crippen LogP contribution in [-0.2, 0) is 0 Å². The standard InChI is InChI=1S/C17H25N3O/c1-3-18-17(21)20-11-15-9-19(10-16(15)12-20)13(2)14-7-5-4-6-8-14/h4-8,13,15-16H,3,9-12H2,1-2H3,(H,18,21)/t13-,15-,16+/m1/s1. The van der Waals surface area contributed by atoms with Crippen LogP contribution in [0.1, 0.15) is 25.5 Å². The summed E-state index contributed by atoms with van der Waals surface area (Å²) >= 11 is 0. The van der Waals surface area contributed by atoms with Crippen LogP contribution in [0.15, 0.2) is 30.3 Å². The zero-order valence-electron chi connectivity index (χ0n) is 13.0. The molecule has 4 nitrogen and oxygen atoms in total. The molecule has 0 radical (unpaired) electrons. The lowest BCUT2D eigenvalue weighted by molar-refractivity contribution is 0.192. The first-order chi connectivity index (χ1) is 10.2.